The van der Waals surface area contributed by atoms with E-state index >= 15 is 0 Å². The average Bonchev–Trinajstić information content (AvgIpc) is 3.40. The highest BCUT2D eigenvalue weighted by Gasteiger charge is 2.31. The number of rotatable bonds is 8. The molecule has 0 aliphatic heterocycles. The molecule has 6 nitrogen and oxygen atoms in total. The monoisotopic (exact) mass is 381 g/mol. The van der Waals surface area contributed by atoms with E-state index in [0.717, 1.165) is 40.7 Å². The summed E-state index contributed by atoms with van der Waals surface area (Å²) in [6, 6.07) is 0.00555. The summed E-state index contributed by atoms with van der Waals surface area (Å²) in [5.74, 6) is 0.309. The van der Waals surface area contributed by atoms with Crippen LogP contribution in [0.5, 0.6) is 0 Å². The van der Waals surface area contributed by atoms with Gasteiger partial charge in [0, 0.05) is 25.6 Å². The Balaban J connectivity index is 2.04. The number of nitrogens with one attached hydrogen (secondary N) is 2. The van der Waals surface area contributed by atoms with Gasteiger partial charge in [0.2, 0.25) is 15.9 Å². The van der Waals surface area contributed by atoms with Crippen molar-refractivity contribution < 1.29 is 13.2 Å². The fraction of sp³-hybridized carbons (Fsp3) is 0.632. The van der Waals surface area contributed by atoms with Crippen molar-refractivity contribution in [2.75, 3.05) is 13.1 Å². The highest BCUT2D eigenvalue weighted by molar-refractivity contribution is 7.89. The lowest BCUT2D eigenvalue weighted by Crippen LogP contribution is -2.42. The van der Waals surface area contributed by atoms with Gasteiger partial charge in [-0.2, -0.15) is 0 Å². The van der Waals surface area contributed by atoms with Crippen LogP contribution in [0.15, 0.2) is 4.90 Å². The van der Waals surface area contributed by atoms with E-state index in [0.29, 0.717) is 17.4 Å². The first-order chi connectivity index (χ1) is 12.1. The van der Waals surface area contributed by atoms with Gasteiger partial charge in [-0.05, 0) is 81.2 Å². The van der Waals surface area contributed by atoms with Gasteiger partial charge in [-0.1, -0.05) is 0 Å². The number of carbonyl (C=O) groups excluding carboxylic acids is 1. The van der Waals surface area contributed by atoms with E-state index in [1.54, 1.807) is 0 Å². The smallest absolute Gasteiger partial charge is 0.241 e. The summed E-state index contributed by atoms with van der Waals surface area (Å²) in [5, 5.41) is 2.90. The molecule has 1 unspecified atom stereocenters. The molecule has 0 radical (unpaired) electrons. The zero-order valence-electron chi connectivity index (χ0n) is 16.4. The molecule has 26 heavy (non-hydrogen) atoms. The lowest BCUT2D eigenvalue weighted by atomic mass is 9.95. The molecule has 1 atom stereocenters. The van der Waals surface area contributed by atoms with Crippen molar-refractivity contribution in [3.63, 3.8) is 0 Å². The van der Waals surface area contributed by atoms with Crippen LogP contribution < -0.4 is 15.8 Å². The fourth-order valence-corrected chi connectivity index (χ4v) is 5.01. The molecule has 1 aromatic carbocycles. The van der Waals surface area contributed by atoms with Crippen LogP contribution in [0.2, 0.25) is 0 Å². The predicted octanol–water partition coefficient (Wildman–Crippen LogP) is 1.75. The van der Waals surface area contributed by atoms with Gasteiger partial charge >= 0.3 is 0 Å². The summed E-state index contributed by atoms with van der Waals surface area (Å²) in [6.07, 6.45) is 2.29. The average molecular weight is 382 g/mol. The van der Waals surface area contributed by atoms with Crippen LogP contribution in [-0.4, -0.2) is 33.5 Å². The SMILES string of the molecule is Cc1c(C)c(C)c(S(=O)(=O)NCCC(=O)NC(CN)C2CC2)c(C)c1C. The third-order valence-corrected chi connectivity index (χ3v) is 7.37. The lowest BCUT2D eigenvalue weighted by Gasteiger charge is -2.19. The highest BCUT2D eigenvalue weighted by atomic mass is 32.2. The Kier molecular flexibility index (Phi) is 6.47. The van der Waals surface area contributed by atoms with Crippen LogP contribution in [0, 0.1) is 40.5 Å². The summed E-state index contributed by atoms with van der Waals surface area (Å²) >= 11 is 0. The minimum Gasteiger partial charge on any atom is -0.352 e. The number of hydrogen-bond acceptors (Lipinski definition) is 4. The van der Waals surface area contributed by atoms with Gasteiger partial charge in [-0.15, -0.1) is 0 Å². The summed E-state index contributed by atoms with van der Waals surface area (Å²) in [5.41, 5.74) is 10.3. The van der Waals surface area contributed by atoms with E-state index in [4.69, 9.17) is 5.73 Å². The van der Waals surface area contributed by atoms with E-state index in [2.05, 4.69) is 10.0 Å². The summed E-state index contributed by atoms with van der Waals surface area (Å²) in [4.78, 5) is 12.4. The van der Waals surface area contributed by atoms with Crippen molar-refractivity contribution in [2.45, 2.75) is 64.8 Å². The molecule has 1 saturated carbocycles. The van der Waals surface area contributed by atoms with E-state index in [1.165, 1.54) is 0 Å². The first-order valence-electron chi connectivity index (χ1n) is 9.16. The van der Waals surface area contributed by atoms with E-state index < -0.39 is 10.0 Å². The van der Waals surface area contributed by atoms with E-state index in [9.17, 15) is 13.2 Å². The first-order valence-corrected chi connectivity index (χ1v) is 10.6. The molecule has 1 amide bonds. The van der Waals surface area contributed by atoms with Gasteiger partial charge in [0.15, 0.2) is 0 Å². The Hall–Kier alpha value is -1.44. The molecule has 0 heterocycles. The van der Waals surface area contributed by atoms with Gasteiger partial charge in [0.25, 0.3) is 0 Å². The van der Waals surface area contributed by atoms with Gasteiger partial charge in [-0.3, -0.25) is 4.79 Å². The summed E-state index contributed by atoms with van der Waals surface area (Å²) in [7, 11) is -3.67. The van der Waals surface area contributed by atoms with Crippen LogP contribution in [0.3, 0.4) is 0 Å². The number of carbonyl (C=O) groups is 1. The van der Waals surface area contributed by atoms with Crippen molar-refractivity contribution >= 4 is 15.9 Å². The zero-order chi connectivity index (χ0) is 19.6. The first kappa shape index (κ1) is 20.9. The largest absolute Gasteiger partial charge is 0.352 e. The summed E-state index contributed by atoms with van der Waals surface area (Å²) in [6.45, 7) is 10.0. The minimum absolute atomic E-state index is 0.00555. The molecule has 2 rings (SSSR count). The quantitative estimate of drug-likeness (QED) is 0.638. The van der Waals surface area contributed by atoms with Crippen molar-refractivity contribution in [3.8, 4) is 0 Å². The molecule has 1 aliphatic carbocycles. The third kappa shape index (κ3) is 4.45. The van der Waals surface area contributed by atoms with Gasteiger partial charge in [-0.25, -0.2) is 13.1 Å². The van der Waals surface area contributed by atoms with Crippen molar-refractivity contribution in [1.82, 2.24) is 10.0 Å². The standard InChI is InChI=1S/C19H31N3O3S/c1-11-12(2)14(4)19(15(5)13(11)3)26(24,25)21-9-8-18(23)22-17(10-20)16-6-7-16/h16-17,21H,6-10,20H2,1-5H3,(H,22,23). The molecular weight excluding hydrogens is 350 g/mol. The molecule has 7 heteroatoms. The Morgan fingerprint density at radius 3 is 2.00 bits per heavy atom. The number of hydrogen-bond donors (Lipinski definition) is 3. The Morgan fingerprint density at radius 2 is 1.54 bits per heavy atom. The number of benzene rings is 1. The van der Waals surface area contributed by atoms with Crippen LogP contribution in [0.1, 0.15) is 47.1 Å². The molecule has 4 N–H and O–H groups in total. The van der Waals surface area contributed by atoms with E-state index in [1.807, 2.05) is 34.6 Å². The molecular formula is C19H31N3O3S. The van der Waals surface area contributed by atoms with Crippen LogP contribution in [-0.2, 0) is 14.8 Å². The third-order valence-electron chi connectivity index (χ3n) is 5.64. The van der Waals surface area contributed by atoms with Crippen molar-refractivity contribution in [1.29, 1.82) is 0 Å². The molecule has 0 spiro atoms. The fourth-order valence-electron chi connectivity index (χ4n) is 3.39. The predicted molar refractivity (Wildman–Crippen MR) is 104 cm³/mol. The molecule has 1 aromatic rings. The van der Waals surface area contributed by atoms with Crippen molar-refractivity contribution in [2.24, 2.45) is 11.7 Å². The maximum Gasteiger partial charge on any atom is 0.241 e. The van der Waals surface area contributed by atoms with Crippen LogP contribution in [0.25, 0.3) is 0 Å². The minimum atomic E-state index is -3.67. The summed E-state index contributed by atoms with van der Waals surface area (Å²) < 4.78 is 28.2. The molecule has 0 aromatic heterocycles. The number of sulfonamides is 1. The lowest BCUT2D eigenvalue weighted by molar-refractivity contribution is -0.121. The maximum absolute atomic E-state index is 12.8. The Labute approximate surface area is 157 Å². The number of amides is 1. The normalized spacial score (nSPS) is 15.8. The topological polar surface area (TPSA) is 101 Å². The maximum atomic E-state index is 12.8. The van der Waals surface area contributed by atoms with Crippen LogP contribution >= 0.6 is 0 Å². The zero-order valence-corrected chi connectivity index (χ0v) is 17.2. The molecule has 0 bridgehead atoms. The van der Waals surface area contributed by atoms with Gasteiger partial charge < -0.3 is 11.1 Å². The molecule has 1 aliphatic rings. The Bertz CT molecular complexity index is 770. The second-order valence-electron chi connectivity index (χ2n) is 7.35. The highest BCUT2D eigenvalue weighted by Crippen LogP contribution is 2.32. The Morgan fingerprint density at radius 1 is 1.04 bits per heavy atom. The second-order valence-corrected chi connectivity index (χ2v) is 9.05. The van der Waals surface area contributed by atoms with Gasteiger partial charge in [0.1, 0.15) is 0 Å². The van der Waals surface area contributed by atoms with Crippen molar-refractivity contribution in [3.05, 3.63) is 27.8 Å². The van der Waals surface area contributed by atoms with Crippen LogP contribution in [0.4, 0.5) is 0 Å². The number of nitrogens with two attached hydrogens (primary N) is 1. The molecule has 0 saturated heterocycles. The molecule has 146 valence electrons. The van der Waals surface area contributed by atoms with Gasteiger partial charge in [0.05, 0.1) is 4.90 Å². The molecule has 1 fully saturated rings. The second kappa shape index (κ2) is 8.06. The van der Waals surface area contributed by atoms with E-state index in [-0.39, 0.29) is 24.9 Å².